The number of aromatic nitrogens is 1. The van der Waals surface area contributed by atoms with Gasteiger partial charge in [0.15, 0.2) is 0 Å². The summed E-state index contributed by atoms with van der Waals surface area (Å²) in [6.07, 6.45) is 0. The van der Waals surface area contributed by atoms with Crippen LogP contribution in [0.5, 0.6) is 0 Å². The lowest BCUT2D eigenvalue weighted by Gasteiger charge is -2.26. The molecule has 7 aromatic rings. The quantitative estimate of drug-likeness (QED) is 0.213. The summed E-state index contributed by atoms with van der Waals surface area (Å²) in [5, 5.41) is 5.10. The van der Waals surface area contributed by atoms with E-state index in [9.17, 15) is 0 Å². The van der Waals surface area contributed by atoms with Crippen LogP contribution in [0.15, 0.2) is 132 Å². The molecule has 1 aromatic heterocycles. The van der Waals surface area contributed by atoms with Crippen LogP contribution in [0.4, 0.5) is 17.1 Å². The fraction of sp³-hybridized carbons (Fsp3) is 0. The zero-order valence-corrected chi connectivity index (χ0v) is 20.5. The fourth-order valence-electron chi connectivity index (χ4n) is 5.30. The summed E-state index contributed by atoms with van der Waals surface area (Å²) in [4.78, 5) is 2.34. The molecular weight excluding hydrogens is 492 g/mol. The maximum Gasteiger partial charge on any atom is 0.0568 e. The molecule has 0 fully saturated rings. The summed E-state index contributed by atoms with van der Waals surface area (Å²) >= 11 is 3.75. The van der Waals surface area contributed by atoms with Crippen molar-refractivity contribution >= 4 is 65.6 Å². The number of para-hydroxylation sites is 3. The molecular formula is C32H21BrN2. The molecule has 7 rings (SSSR count). The van der Waals surface area contributed by atoms with E-state index in [-0.39, 0.29) is 0 Å². The lowest BCUT2D eigenvalue weighted by molar-refractivity contribution is 1.18. The van der Waals surface area contributed by atoms with E-state index in [1.54, 1.807) is 0 Å². The van der Waals surface area contributed by atoms with Crippen molar-refractivity contribution in [2.24, 2.45) is 0 Å². The lowest BCUT2D eigenvalue weighted by atomic mass is 10.0. The summed E-state index contributed by atoms with van der Waals surface area (Å²) < 4.78 is 3.48. The van der Waals surface area contributed by atoms with E-state index in [1.807, 2.05) is 0 Å². The Hall–Kier alpha value is -4.08. The van der Waals surface area contributed by atoms with Crippen molar-refractivity contribution in [2.45, 2.75) is 0 Å². The molecule has 166 valence electrons. The number of benzene rings is 6. The second kappa shape index (κ2) is 8.00. The van der Waals surface area contributed by atoms with Crippen LogP contribution in [0, 0.1) is 0 Å². The average molecular weight is 513 g/mol. The van der Waals surface area contributed by atoms with Gasteiger partial charge in [-0.3, -0.25) is 0 Å². The topological polar surface area (TPSA) is 8.17 Å². The second-order valence-corrected chi connectivity index (χ2v) is 9.74. The monoisotopic (exact) mass is 512 g/mol. The van der Waals surface area contributed by atoms with Gasteiger partial charge in [-0.1, -0.05) is 82.7 Å². The van der Waals surface area contributed by atoms with E-state index in [0.29, 0.717) is 0 Å². The van der Waals surface area contributed by atoms with Gasteiger partial charge in [0, 0.05) is 38.0 Å². The number of hydrogen-bond acceptors (Lipinski definition) is 1. The van der Waals surface area contributed by atoms with Crippen molar-refractivity contribution in [1.29, 1.82) is 0 Å². The van der Waals surface area contributed by atoms with Crippen LogP contribution in [0.3, 0.4) is 0 Å². The van der Waals surface area contributed by atoms with Crippen LogP contribution < -0.4 is 4.90 Å². The molecule has 1 heterocycles. The molecule has 0 N–H and O–H groups in total. The van der Waals surface area contributed by atoms with Crippen molar-refractivity contribution in [3.05, 3.63) is 132 Å². The smallest absolute Gasteiger partial charge is 0.0568 e. The second-order valence-electron chi connectivity index (χ2n) is 8.83. The molecule has 6 aromatic carbocycles. The Balaban J connectivity index is 1.61. The highest BCUT2D eigenvalue weighted by atomic mass is 79.9. The Kier molecular flexibility index (Phi) is 4.64. The third-order valence-electron chi connectivity index (χ3n) is 6.72. The first-order chi connectivity index (χ1) is 17.3. The Morgan fingerprint density at radius 2 is 1.00 bits per heavy atom. The van der Waals surface area contributed by atoms with Crippen LogP contribution in [-0.4, -0.2) is 4.57 Å². The summed E-state index contributed by atoms with van der Waals surface area (Å²) in [7, 11) is 0. The first-order valence-electron chi connectivity index (χ1n) is 11.7. The summed E-state index contributed by atoms with van der Waals surface area (Å²) in [5.41, 5.74) is 6.99. The van der Waals surface area contributed by atoms with Crippen LogP contribution in [0.2, 0.25) is 0 Å². The minimum Gasteiger partial charge on any atom is -0.310 e. The van der Waals surface area contributed by atoms with Crippen LogP contribution in [0.25, 0.3) is 38.3 Å². The summed E-state index contributed by atoms with van der Waals surface area (Å²) in [5.74, 6) is 0. The standard InChI is InChI=1S/C32H21BrN2/c33-24-18-22-16-17-23-19-28(34(25-10-4-1-5-11-25)26-12-6-2-7-13-26)21-30-32(23)31(22)29(20-24)35(30)27-14-8-3-9-15-27/h1-21H. The minimum atomic E-state index is 1.09. The minimum absolute atomic E-state index is 1.09. The van der Waals surface area contributed by atoms with Crippen molar-refractivity contribution in [2.75, 3.05) is 4.90 Å². The van der Waals surface area contributed by atoms with Gasteiger partial charge in [-0.25, -0.2) is 0 Å². The average Bonchev–Trinajstić information content (AvgIpc) is 3.23. The Morgan fingerprint density at radius 3 is 1.60 bits per heavy atom. The molecule has 0 unspecified atom stereocenters. The number of halogens is 1. The van der Waals surface area contributed by atoms with Gasteiger partial charge in [-0.2, -0.15) is 0 Å². The Labute approximate surface area is 212 Å². The predicted octanol–water partition coefficient (Wildman–Crippen LogP) is 9.61. The van der Waals surface area contributed by atoms with E-state index in [0.717, 1.165) is 27.2 Å². The lowest BCUT2D eigenvalue weighted by Crippen LogP contribution is -2.10. The molecule has 3 heteroatoms. The Bertz CT molecular complexity index is 1750. The molecule has 0 radical (unpaired) electrons. The maximum absolute atomic E-state index is 3.75. The third-order valence-corrected chi connectivity index (χ3v) is 7.18. The number of hydrogen-bond donors (Lipinski definition) is 0. The molecule has 35 heavy (non-hydrogen) atoms. The van der Waals surface area contributed by atoms with Gasteiger partial charge in [0.2, 0.25) is 0 Å². The van der Waals surface area contributed by atoms with Gasteiger partial charge in [0.1, 0.15) is 0 Å². The molecule has 0 amide bonds. The van der Waals surface area contributed by atoms with Gasteiger partial charge in [-0.05, 0) is 71.4 Å². The van der Waals surface area contributed by atoms with E-state index in [4.69, 9.17) is 0 Å². The van der Waals surface area contributed by atoms with Gasteiger partial charge >= 0.3 is 0 Å². The predicted molar refractivity (Wildman–Crippen MR) is 152 cm³/mol. The molecule has 0 aliphatic rings. The van der Waals surface area contributed by atoms with Crippen molar-refractivity contribution in [3.63, 3.8) is 0 Å². The first kappa shape index (κ1) is 20.3. The van der Waals surface area contributed by atoms with Gasteiger partial charge in [0.05, 0.1) is 11.0 Å². The maximum atomic E-state index is 3.75. The van der Waals surface area contributed by atoms with E-state index in [1.165, 1.54) is 32.6 Å². The molecule has 0 aliphatic heterocycles. The summed E-state index contributed by atoms with van der Waals surface area (Å²) in [6, 6.07) is 45.4. The fourth-order valence-corrected chi connectivity index (χ4v) is 5.77. The zero-order chi connectivity index (χ0) is 23.4. The molecule has 2 nitrogen and oxygen atoms in total. The molecule has 0 bridgehead atoms. The SMILES string of the molecule is Brc1cc2ccc3cc(N(c4ccccc4)c4ccccc4)cc4c3c2c(c1)n4-c1ccccc1. The molecule has 0 spiro atoms. The van der Waals surface area contributed by atoms with Crippen LogP contribution in [0.1, 0.15) is 0 Å². The normalized spacial score (nSPS) is 11.6. The number of nitrogens with zero attached hydrogens (tertiary/aromatic N) is 2. The van der Waals surface area contributed by atoms with Gasteiger partial charge < -0.3 is 9.47 Å². The summed E-state index contributed by atoms with van der Waals surface area (Å²) in [6.45, 7) is 0. The van der Waals surface area contributed by atoms with Gasteiger partial charge in [0.25, 0.3) is 0 Å². The van der Waals surface area contributed by atoms with E-state index < -0.39 is 0 Å². The first-order valence-corrected chi connectivity index (χ1v) is 12.5. The van der Waals surface area contributed by atoms with Gasteiger partial charge in [-0.15, -0.1) is 0 Å². The largest absolute Gasteiger partial charge is 0.310 e. The van der Waals surface area contributed by atoms with Crippen molar-refractivity contribution < 1.29 is 0 Å². The highest BCUT2D eigenvalue weighted by Gasteiger charge is 2.20. The highest BCUT2D eigenvalue weighted by Crippen LogP contribution is 2.44. The zero-order valence-electron chi connectivity index (χ0n) is 18.9. The van der Waals surface area contributed by atoms with Crippen molar-refractivity contribution in [1.82, 2.24) is 4.57 Å². The number of anilines is 3. The molecule has 0 saturated heterocycles. The van der Waals surface area contributed by atoms with E-state index >= 15 is 0 Å². The highest BCUT2D eigenvalue weighted by molar-refractivity contribution is 9.10. The Morgan fingerprint density at radius 1 is 0.486 bits per heavy atom. The van der Waals surface area contributed by atoms with E-state index in [2.05, 4.69) is 153 Å². The molecule has 0 aliphatic carbocycles. The number of rotatable bonds is 4. The third kappa shape index (κ3) is 3.23. The van der Waals surface area contributed by atoms with Crippen LogP contribution in [-0.2, 0) is 0 Å². The molecule has 0 saturated carbocycles. The van der Waals surface area contributed by atoms with Crippen LogP contribution >= 0.6 is 15.9 Å². The molecule has 0 atom stereocenters. The van der Waals surface area contributed by atoms with Crippen molar-refractivity contribution in [3.8, 4) is 5.69 Å².